The van der Waals surface area contributed by atoms with E-state index in [0.717, 1.165) is 31.2 Å². The van der Waals surface area contributed by atoms with Gasteiger partial charge in [-0.2, -0.15) is 10.4 Å². The third-order valence-electron chi connectivity index (χ3n) is 4.34. The average Bonchev–Trinajstić information content (AvgIpc) is 3.10. The molecule has 3 rings (SSSR count). The first-order chi connectivity index (χ1) is 11.2. The predicted octanol–water partition coefficient (Wildman–Crippen LogP) is 2.37. The maximum atomic E-state index is 8.91. The number of nitriles is 1. The molecule has 6 heteroatoms. The first-order valence-corrected chi connectivity index (χ1v) is 7.98. The Morgan fingerprint density at radius 2 is 2.22 bits per heavy atom. The topological polar surface area (TPSA) is 77.8 Å². The molecule has 1 aliphatic rings. The van der Waals surface area contributed by atoms with Gasteiger partial charge in [0.2, 0.25) is 0 Å². The second-order valence-corrected chi connectivity index (χ2v) is 5.76. The minimum absolute atomic E-state index is 0.0962. The van der Waals surface area contributed by atoms with Crippen LogP contribution in [0.2, 0.25) is 0 Å². The van der Waals surface area contributed by atoms with Gasteiger partial charge in [-0.3, -0.25) is 10.00 Å². The molecule has 2 heterocycles. The largest absolute Gasteiger partial charge is 0.367 e. The molecule has 23 heavy (non-hydrogen) atoms. The molecule has 1 aromatic heterocycles. The number of hydrogen-bond acceptors (Lipinski definition) is 5. The number of aromatic nitrogens is 3. The molecular weight excluding hydrogens is 290 g/mol. The molecule has 0 radical (unpaired) electrons. The van der Waals surface area contributed by atoms with E-state index in [1.807, 2.05) is 31.2 Å². The highest BCUT2D eigenvalue weighted by Crippen LogP contribution is 2.27. The summed E-state index contributed by atoms with van der Waals surface area (Å²) in [6.45, 7) is 6.54. The summed E-state index contributed by atoms with van der Waals surface area (Å²) in [5.74, 6) is 1.62. The molecule has 2 atom stereocenters. The molecule has 0 amide bonds. The first kappa shape index (κ1) is 15.7. The van der Waals surface area contributed by atoms with Crippen LogP contribution in [0.4, 0.5) is 0 Å². The van der Waals surface area contributed by atoms with Gasteiger partial charge in [0.05, 0.1) is 18.2 Å². The van der Waals surface area contributed by atoms with Gasteiger partial charge in [0.1, 0.15) is 11.9 Å². The van der Waals surface area contributed by atoms with Crippen LogP contribution < -0.4 is 0 Å². The molecule has 0 unspecified atom stereocenters. The minimum Gasteiger partial charge on any atom is -0.367 e. The van der Waals surface area contributed by atoms with Gasteiger partial charge in [0.25, 0.3) is 0 Å². The van der Waals surface area contributed by atoms with E-state index in [2.05, 4.69) is 33.1 Å². The summed E-state index contributed by atoms with van der Waals surface area (Å²) in [4.78, 5) is 6.86. The maximum Gasteiger partial charge on any atom is 0.180 e. The monoisotopic (exact) mass is 311 g/mol. The fourth-order valence-electron chi connectivity index (χ4n) is 2.84. The fourth-order valence-corrected chi connectivity index (χ4v) is 2.84. The van der Waals surface area contributed by atoms with Crippen molar-refractivity contribution < 1.29 is 4.74 Å². The first-order valence-electron chi connectivity index (χ1n) is 7.98. The van der Waals surface area contributed by atoms with Gasteiger partial charge in [0.15, 0.2) is 5.82 Å². The van der Waals surface area contributed by atoms with Crippen LogP contribution in [0, 0.1) is 11.3 Å². The molecule has 120 valence electrons. The third kappa shape index (κ3) is 3.41. The van der Waals surface area contributed by atoms with E-state index in [-0.39, 0.29) is 12.1 Å². The van der Waals surface area contributed by atoms with Crippen molar-refractivity contribution in [3.63, 3.8) is 0 Å². The van der Waals surface area contributed by atoms with Crippen molar-refractivity contribution in [2.45, 2.75) is 32.4 Å². The van der Waals surface area contributed by atoms with Crippen molar-refractivity contribution in [1.29, 1.82) is 5.26 Å². The van der Waals surface area contributed by atoms with E-state index in [1.54, 1.807) is 0 Å². The Bertz CT molecular complexity index is 688. The number of benzene rings is 1. The summed E-state index contributed by atoms with van der Waals surface area (Å²) >= 11 is 0. The van der Waals surface area contributed by atoms with E-state index in [4.69, 9.17) is 10.00 Å². The Morgan fingerprint density at radius 1 is 1.43 bits per heavy atom. The summed E-state index contributed by atoms with van der Waals surface area (Å²) in [6, 6.07) is 10.2. The second kappa shape index (κ2) is 6.90. The van der Waals surface area contributed by atoms with Crippen LogP contribution in [0.1, 0.15) is 48.8 Å². The van der Waals surface area contributed by atoms with Gasteiger partial charge >= 0.3 is 0 Å². The van der Waals surface area contributed by atoms with E-state index in [1.165, 1.54) is 5.56 Å². The SMILES string of the molecule is CCc1nc([C@@H]2CN([C@H](C)c3ccc(C#N)cc3)CCO2)n[nH]1. The summed E-state index contributed by atoms with van der Waals surface area (Å²) < 4.78 is 5.84. The lowest BCUT2D eigenvalue weighted by molar-refractivity contribution is -0.0470. The Labute approximate surface area is 136 Å². The van der Waals surface area contributed by atoms with Crippen LogP contribution >= 0.6 is 0 Å². The zero-order chi connectivity index (χ0) is 16.2. The van der Waals surface area contributed by atoms with Gasteiger partial charge in [0, 0.05) is 25.6 Å². The van der Waals surface area contributed by atoms with Crippen LogP contribution in [0.3, 0.4) is 0 Å². The average molecular weight is 311 g/mol. The van der Waals surface area contributed by atoms with Crippen LogP contribution in [0.25, 0.3) is 0 Å². The van der Waals surface area contributed by atoms with Crippen LogP contribution in [0.15, 0.2) is 24.3 Å². The predicted molar refractivity (Wildman–Crippen MR) is 85.6 cm³/mol. The molecular formula is C17H21N5O. The Morgan fingerprint density at radius 3 is 2.87 bits per heavy atom. The molecule has 1 aromatic carbocycles. The Balaban J connectivity index is 1.70. The Kier molecular flexibility index (Phi) is 4.70. The third-order valence-corrected chi connectivity index (χ3v) is 4.34. The van der Waals surface area contributed by atoms with E-state index >= 15 is 0 Å². The number of aromatic amines is 1. The second-order valence-electron chi connectivity index (χ2n) is 5.76. The standard InChI is InChI=1S/C17H21N5O/c1-3-16-19-17(21-20-16)15-11-22(8-9-23-15)12(2)14-6-4-13(10-18)5-7-14/h4-7,12,15H,3,8-9,11H2,1-2H3,(H,19,20,21)/t12-,15+/m1/s1. The smallest absolute Gasteiger partial charge is 0.180 e. The van der Waals surface area contributed by atoms with Crippen LogP contribution in [-0.4, -0.2) is 39.8 Å². The molecule has 0 saturated carbocycles. The van der Waals surface area contributed by atoms with Gasteiger partial charge in [-0.25, -0.2) is 4.98 Å². The minimum atomic E-state index is -0.0962. The number of rotatable bonds is 4. The van der Waals surface area contributed by atoms with Crippen molar-refractivity contribution in [2.24, 2.45) is 0 Å². The lowest BCUT2D eigenvalue weighted by atomic mass is 10.0. The zero-order valence-corrected chi connectivity index (χ0v) is 13.5. The summed E-state index contributed by atoms with van der Waals surface area (Å²) in [6.07, 6.45) is 0.742. The summed E-state index contributed by atoms with van der Waals surface area (Å²) in [5.41, 5.74) is 1.89. The highest BCUT2D eigenvalue weighted by Gasteiger charge is 2.28. The lowest BCUT2D eigenvalue weighted by Crippen LogP contribution is -2.40. The molecule has 6 nitrogen and oxygen atoms in total. The van der Waals surface area contributed by atoms with E-state index in [0.29, 0.717) is 12.2 Å². The molecule has 2 aromatic rings. The van der Waals surface area contributed by atoms with Gasteiger partial charge in [-0.15, -0.1) is 0 Å². The van der Waals surface area contributed by atoms with Gasteiger partial charge in [-0.1, -0.05) is 19.1 Å². The Hall–Kier alpha value is -2.23. The molecule has 1 saturated heterocycles. The maximum absolute atomic E-state index is 8.91. The van der Waals surface area contributed by atoms with E-state index < -0.39 is 0 Å². The van der Waals surface area contributed by atoms with Gasteiger partial charge < -0.3 is 4.74 Å². The lowest BCUT2D eigenvalue weighted by Gasteiger charge is -2.36. The van der Waals surface area contributed by atoms with Crippen molar-refractivity contribution in [1.82, 2.24) is 20.1 Å². The number of H-pyrrole nitrogens is 1. The van der Waals surface area contributed by atoms with E-state index in [9.17, 15) is 0 Å². The fraction of sp³-hybridized carbons (Fsp3) is 0.471. The molecule has 0 spiro atoms. The van der Waals surface area contributed by atoms with Crippen LogP contribution in [0.5, 0.6) is 0 Å². The number of aryl methyl sites for hydroxylation is 1. The molecule has 1 N–H and O–H groups in total. The molecule has 1 aliphatic heterocycles. The van der Waals surface area contributed by atoms with Crippen molar-refractivity contribution in [3.8, 4) is 6.07 Å². The van der Waals surface area contributed by atoms with Crippen LogP contribution in [-0.2, 0) is 11.2 Å². The highest BCUT2D eigenvalue weighted by molar-refractivity contribution is 5.32. The quantitative estimate of drug-likeness (QED) is 0.938. The molecule has 1 fully saturated rings. The zero-order valence-electron chi connectivity index (χ0n) is 13.5. The number of ether oxygens (including phenoxy) is 1. The number of nitrogens with zero attached hydrogens (tertiary/aromatic N) is 4. The number of morpholine rings is 1. The molecule has 0 aliphatic carbocycles. The highest BCUT2D eigenvalue weighted by atomic mass is 16.5. The van der Waals surface area contributed by atoms with Crippen molar-refractivity contribution in [2.75, 3.05) is 19.7 Å². The summed E-state index contributed by atoms with van der Waals surface area (Å²) in [7, 11) is 0. The van der Waals surface area contributed by atoms with Crippen molar-refractivity contribution in [3.05, 3.63) is 47.0 Å². The normalized spacial score (nSPS) is 20.1. The number of hydrogen-bond donors (Lipinski definition) is 1. The number of nitrogens with one attached hydrogen (secondary N) is 1. The summed E-state index contributed by atoms with van der Waals surface area (Å²) in [5, 5.41) is 16.1. The van der Waals surface area contributed by atoms with Gasteiger partial charge in [-0.05, 0) is 24.6 Å². The van der Waals surface area contributed by atoms with Crippen molar-refractivity contribution >= 4 is 0 Å². The molecule has 0 bridgehead atoms.